The quantitative estimate of drug-likeness (QED) is 0.191. The summed E-state index contributed by atoms with van der Waals surface area (Å²) < 4.78 is 16.8. The second-order valence-electron chi connectivity index (χ2n) is 8.97. The van der Waals surface area contributed by atoms with Gasteiger partial charge in [0.05, 0.1) is 11.6 Å². The van der Waals surface area contributed by atoms with Crippen LogP contribution in [0.15, 0.2) is 94.6 Å². The average Bonchev–Trinajstić information content (AvgIpc) is 3.47. The number of nitrogens with zero attached hydrogens (tertiary/aromatic N) is 1. The minimum absolute atomic E-state index is 0.0168. The van der Waals surface area contributed by atoms with Crippen molar-refractivity contribution < 1.29 is 28.6 Å². The van der Waals surface area contributed by atoms with Crippen LogP contribution in [-0.2, 0) is 16.1 Å². The van der Waals surface area contributed by atoms with Crippen molar-refractivity contribution >= 4 is 34.3 Å². The lowest BCUT2D eigenvalue weighted by Crippen LogP contribution is -2.32. The lowest BCUT2D eigenvalue weighted by Gasteiger charge is -2.26. The van der Waals surface area contributed by atoms with E-state index in [4.69, 9.17) is 25.5 Å². The molecule has 0 saturated heterocycles. The van der Waals surface area contributed by atoms with Gasteiger partial charge >= 0.3 is 0 Å². The molecule has 1 unspecified atom stereocenters. The van der Waals surface area contributed by atoms with Gasteiger partial charge in [-0.15, -0.1) is 0 Å². The summed E-state index contributed by atoms with van der Waals surface area (Å²) >= 11 is 6.08. The van der Waals surface area contributed by atoms with E-state index in [0.717, 1.165) is 5.56 Å². The molecule has 194 valence electrons. The second-order valence-corrected chi connectivity index (χ2v) is 9.41. The summed E-state index contributed by atoms with van der Waals surface area (Å²) in [7, 11) is 1.58. The smallest absolute Gasteiger partial charge is 0.290 e. The Kier molecular flexibility index (Phi) is 7.49. The zero-order chi connectivity index (χ0) is 26.6. The number of aliphatic hydroxyl groups is 1. The van der Waals surface area contributed by atoms with Crippen molar-refractivity contribution in [2.24, 2.45) is 0 Å². The molecule has 7 nitrogen and oxygen atoms in total. The van der Waals surface area contributed by atoms with Gasteiger partial charge in [-0.3, -0.25) is 9.59 Å². The fourth-order valence-corrected chi connectivity index (χ4v) is 4.77. The molecule has 2 heterocycles. The summed E-state index contributed by atoms with van der Waals surface area (Å²) in [6.45, 7) is 1.13. The Morgan fingerprint density at radius 2 is 1.82 bits per heavy atom. The molecular weight excluding hydrogens is 506 g/mol. The standard InChI is InChI=1S/C30H26ClNO6/c1-36-15-5-14-32-27(20-8-11-23(12-9-20)37-18-19-6-3-2-4-7-19)26(29(34)30(32)35)28(33)25-17-21-16-22(31)10-13-24(21)38-25/h2-4,6-13,16-17,27,34H,5,14-15,18H2,1H3. The van der Waals surface area contributed by atoms with E-state index in [1.54, 1.807) is 55.6 Å². The van der Waals surface area contributed by atoms with Crippen LogP contribution in [0.25, 0.3) is 11.0 Å². The first-order valence-electron chi connectivity index (χ1n) is 12.2. The number of hydrogen-bond donors (Lipinski definition) is 1. The maximum absolute atomic E-state index is 13.7. The Morgan fingerprint density at radius 3 is 2.55 bits per heavy atom. The number of benzene rings is 3. The van der Waals surface area contributed by atoms with Gasteiger partial charge in [-0.25, -0.2) is 0 Å². The first-order valence-corrected chi connectivity index (χ1v) is 12.6. The predicted octanol–water partition coefficient (Wildman–Crippen LogP) is 6.28. The molecule has 1 atom stereocenters. The van der Waals surface area contributed by atoms with Crippen LogP contribution in [0.1, 0.15) is 34.1 Å². The van der Waals surface area contributed by atoms with Gasteiger partial charge in [0, 0.05) is 30.7 Å². The zero-order valence-corrected chi connectivity index (χ0v) is 21.5. The molecule has 3 aromatic carbocycles. The van der Waals surface area contributed by atoms with Gasteiger partial charge in [-0.05, 0) is 53.9 Å². The number of ether oxygens (including phenoxy) is 2. The number of carbonyl (C=O) groups excluding carboxylic acids is 2. The van der Waals surface area contributed by atoms with Crippen molar-refractivity contribution in [3.05, 3.63) is 112 Å². The summed E-state index contributed by atoms with van der Waals surface area (Å²) in [5.74, 6) is -1.10. The Hall–Kier alpha value is -4.07. The molecule has 8 heteroatoms. The van der Waals surface area contributed by atoms with Crippen molar-refractivity contribution in [1.82, 2.24) is 4.90 Å². The third-order valence-electron chi connectivity index (χ3n) is 6.44. The number of aliphatic hydroxyl groups excluding tert-OH is 1. The first-order chi connectivity index (χ1) is 18.5. The van der Waals surface area contributed by atoms with Crippen LogP contribution in [0.2, 0.25) is 5.02 Å². The van der Waals surface area contributed by atoms with Crippen molar-refractivity contribution in [2.75, 3.05) is 20.3 Å². The molecule has 4 aromatic rings. The SMILES string of the molecule is COCCCN1C(=O)C(O)=C(C(=O)c2cc3cc(Cl)ccc3o2)C1c1ccc(OCc2ccccc2)cc1. The lowest BCUT2D eigenvalue weighted by atomic mass is 9.95. The third kappa shape index (κ3) is 5.16. The number of fused-ring (bicyclic) bond motifs is 1. The largest absolute Gasteiger partial charge is 0.503 e. The van der Waals surface area contributed by atoms with Gasteiger partial charge in [0.1, 0.15) is 17.9 Å². The highest BCUT2D eigenvalue weighted by atomic mass is 35.5. The molecule has 1 aliphatic rings. The zero-order valence-electron chi connectivity index (χ0n) is 20.7. The summed E-state index contributed by atoms with van der Waals surface area (Å²) in [6.07, 6.45) is 0.537. The summed E-state index contributed by atoms with van der Waals surface area (Å²) in [5, 5.41) is 12.0. The van der Waals surface area contributed by atoms with Crippen LogP contribution in [0, 0.1) is 0 Å². The van der Waals surface area contributed by atoms with E-state index in [1.807, 2.05) is 30.3 Å². The molecule has 1 aliphatic heterocycles. The van der Waals surface area contributed by atoms with Crippen LogP contribution in [0.5, 0.6) is 5.75 Å². The van der Waals surface area contributed by atoms with Crippen LogP contribution < -0.4 is 4.74 Å². The fourth-order valence-electron chi connectivity index (χ4n) is 4.59. The minimum Gasteiger partial charge on any atom is -0.503 e. The van der Waals surface area contributed by atoms with E-state index in [9.17, 15) is 14.7 Å². The number of rotatable bonds is 10. The number of Topliss-reactive ketones (excluding diaryl/α,β-unsaturated/α-hetero) is 1. The van der Waals surface area contributed by atoms with Crippen molar-refractivity contribution in [3.8, 4) is 5.75 Å². The Bertz CT molecular complexity index is 1490. The highest BCUT2D eigenvalue weighted by Crippen LogP contribution is 2.40. The number of ketones is 1. The van der Waals surface area contributed by atoms with Gasteiger partial charge in [0.2, 0.25) is 5.78 Å². The van der Waals surface area contributed by atoms with Crippen LogP contribution in [-0.4, -0.2) is 42.0 Å². The number of hydrogen-bond acceptors (Lipinski definition) is 6. The molecule has 1 N–H and O–H groups in total. The fraction of sp³-hybridized carbons (Fsp3) is 0.200. The topological polar surface area (TPSA) is 89.2 Å². The molecule has 0 spiro atoms. The molecule has 5 rings (SSSR count). The minimum atomic E-state index is -0.799. The highest BCUT2D eigenvalue weighted by Gasteiger charge is 2.44. The van der Waals surface area contributed by atoms with Gasteiger partial charge < -0.3 is 23.9 Å². The average molecular weight is 532 g/mol. The van der Waals surface area contributed by atoms with Crippen LogP contribution in [0.4, 0.5) is 0 Å². The maximum Gasteiger partial charge on any atom is 0.290 e. The van der Waals surface area contributed by atoms with E-state index in [-0.39, 0.29) is 11.3 Å². The first kappa shape index (κ1) is 25.6. The van der Waals surface area contributed by atoms with E-state index >= 15 is 0 Å². The molecule has 0 radical (unpaired) electrons. The summed E-state index contributed by atoms with van der Waals surface area (Å²) in [4.78, 5) is 28.3. The van der Waals surface area contributed by atoms with Crippen molar-refractivity contribution in [2.45, 2.75) is 19.1 Å². The van der Waals surface area contributed by atoms with E-state index in [1.165, 1.54) is 4.90 Å². The van der Waals surface area contributed by atoms with Gasteiger partial charge in [-0.2, -0.15) is 0 Å². The molecule has 0 saturated carbocycles. The molecule has 1 amide bonds. The Balaban J connectivity index is 1.45. The number of amides is 1. The van der Waals surface area contributed by atoms with Crippen molar-refractivity contribution in [1.29, 1.82) is 0 Å². The van der Waals surface area contributed by atoms with E-state index < -0.39 is 23.5 Å². The molecule has 0 aliphatic carbocycles. The molecule has 1 aromatic heterocycles. The second kappa shape index (κ2) is 11.1. The normalized spacial score (nSPS) is 15.5. The van der Waals surface area contributed by atoms with Crippen LogP contribution >= 0.6 is 11.6 Å². The van der Waals surface area contributed by atoms with E-state index in [0.29, 0.717) is 53.5 Å². The number of halogens is 1. The number of carbonyl (C=O) groups is 2. The summed E-state index contributed by atoms with van der Waals surface area (Å²) in [5.41, 5.74) is 2.15. The van der Waals surface area contributed by atoms with Gasteiger partial charge in [0.15, 0.2) is 11.5 Å². The molecule has 0 bridgehead atoms. The molecule has 0 fully saturated rings. The van der Waals surface area contributed by atoms with Crippen molar-refractivity contribution in [3.63, 3.8) is 0 Å². The summed E-state index contributed by atoms with van der Waals surface area (Å²) in [6, 6.07) is 22.8. The van der Waals surface area contributed by atoms with Gasteiger partial charge in [-0.1, -0.05) is 54.1 Å². The number of methoxy groups -OCH3 is 1. The Labute approximate surface area is 224 Å². The Morgan fingerprint density at radius 1 is 1.05 bits per heavy atom. The van der Waals surface area contributed by atoms with Gasteiger partial charge in [0.25, 0.3) is 5.91 Å². The third-order valence-corrected chi connectivity index (χ3v) is 6.68. The molecule has 38 heavy (non-hydrogen) atoms. The predicted molar refractivity (Wildman–Crippen MR) is 143 cm³/mol. The molecular formula is C30H26ClNO6. The monoisotopic (exact) mass is 531 g/mol. The van der Waals surface area contributed by atoms with E-state index in [2.05, 4.69) is 0 Å². The van der Waals surface area contributed by atoms with Crippen LogP contribution in [0.3, 0.4) is 0 Å². The lowest BCUT2D eigenvalue weighted by molar-refractivity contribution is -0.129. The maximum atomic E-state index is 13.7. The number of furan rings is 1. The highest BCUT2D eigenvalue weighted by molar-refractivity contribution is 6.31.